The lowest BCUT2D eigenvalue weighted by molar-refractivity contribution is -0.140. The number of aryl methyl sites for hydroxylation is 1. The second-order valence-electron chi connectivity index (χ2n) is 8.41. The highest BCUT2D eigenvalue weighted by Gasteiger charge is 2.46. The summed E-state index contributed by atoms with van der Waals surface area (Å²) in [6, 6.07) is 6.28. The average Bonchev–Trinajstić information content (AvgIpc) is 3.30. The molecule has 0 spiro atoms. The van der Waals surface area contributed by atoms with Crippen LogP contribution in [-0.2, 0) is 14.3 Å². The maximum absolute atomic E-state index is 13.3. The molecule has 1 aliphatic rings. The molecule has 35 heavy (non-hydrogen) atoms. The van der Waals surface area contributed by atoms with Gasteiger partial charge in [0.05, 0.1) is 25.8 Å². The van der Waals surface area contributed by atoms with Gasteiger partial charge in [0.1, 0.15) is 17.2 Å². The Balaban J connectivity index is 2.17. The summed E-state index contributed by atoms with van der Waals surface area (Å²) in [5.41, 5.74) is 2.08. The predicted molar refractivity (Wildman–Crippen MR) is 131 cm³/mol. The highest BCUT2D eigenvalue weighted by Crippen LogP contribution is 2.41. The van der Waals surface area contributed by atoms with Crippen molar-refractivity contribution in [1.82, 2.24) is 14.8 Å². The number of nitrogens with one attached hydrogen (secondary N) is 1. The van der Waals surface area contributed by atoms with Crippen LogP contribution >= 0.6 is 0 Å². The number of H-pyrrole nitrogens is 1. The molecule has 1 atom stereocenters. The van der Waals surface area contributed by atoms with Gasteiger partial charge in [-0.3, -0.25) is 9.59 Å². The van der Waals surface area contributed by atoms with Crippen LogP contribution < -0.4 is 4.74 Å². The number of aliphatic hydroxyl groups is 1. The number of aliphatic hydroxyl groups excluding tert-OH is 1. The first-order chi connectivity index (χ1) is 16.7. The fraction of sp³-hybridized carbons (Fsp3) is 0.423. The molecule has 2 N–H and O–H groups in total. The third-order valence-electron chi connectivity index (χ3n) is 6.59. The summed E-state index contributed by atoms with van der Waals surface area (Å²) in [5.74, 6) is -1.71. The zero-order valence-corrected chi connectivity index (χ0v) is 21.1. The molecule has 1 aromatic carbocycles. The number of likely N-dealkylation sites (N-methyl/N-ethyl adjacent to an activating group) is 1. The van der Waals surface area contributed by atoms with E-state index in [1.54, 1.807) is 45.2 Å². The van der Waals surface area contributed by atoms with Crippen LogP contribution in [0, 0.1) is 13.8 Å². The number of esters is 1. The molecule has 0 aliphatic carbocycles. The van der Waals surface area contributed by atoms with E-state index in [0.717, 1.165) is 13.1 Å². The van der Waals surface area contributed by atoms with Crippen LogP contribution in [0.15, 0.2) is 29.8 Å². The van der Waals surface area contributed by atoms with E-state index in [4.69, 9.17) is 9.47 Å². The quantitative estimate of drug-likeness (QED) is 0.244. The first-order valence-electron chi connectivity index (χ1n) is 11.6. The van der Waals surface area contributed by atoms with E-state index in [1.165, 1.54) is 12.0 Å². The van der Waals surface area contributed by atoms with Crippen molar-refractivity contribution in [1.29, 1.82) is 0 Å². The van der Waals surface area contributed by atoms with Gasteiger partial charge in [0, 0.05) is 24.3 Å². The van der Waals surface area contributed by atoms with E-state index in [1.807, 2.05) is 13.8 Å². The molecule has 0 bridgehead atoms. The number of likely N-dealkylation sites (tertiary alicyclic amines) is 1. The van der Waals surface area contributed by atoms with E-state index in [2.05, 4.69) is 9.88 Å². The van der Waals surface area contributed by atoms with Gasteiger partial charge < -0.3 is 29.4 Å². The van der Waals surface area contributed by atoms with Crippen molar-refractivity contribution in [3.05, 3.63) is 57.9 Å². The Bertz CT molecular complexity index is 1140. The fourth-order valence-electron chi connectivity index (χ4n) is 4.58. The third kappa shape index (κ3) is 4.81. The van der Waals surface area contributed by atoms with Crippen LogP contribution in [0.25, 0.3) is 5.76 Å². The normalized spacial score (nSPS) is 17.3. The number of hydrogen-bond donors (Lipinski definition) is 2. The number of aromatic nitrogens is 1. The molecular weight excluding hydrogens is 450 g/mol. The SMILES string of the molecule is CCN(CC)CCN1C(=O)C(=O)/C(=C(/O)c2c(C)[nH]c(C(=O)OC)c2C)[C@H]1c1ccc(OC)cc1. The molecular formula is C26H33N3O6. The maximum atomic E-state index is 13.3. The lowest BCUT2D eigenvalue weighted by Gasteiger charge is -2.28. The number of methoxy groups -OCH3 is 2. The number of carbonyl (C=O) groups excluding carboxylic acids is 3. The number of amides is 1. The second kappa shape index (κ2) is 10.8. The van der Waals surface area contributed by atoms with E-state index in [-0.39, 0.29) is 17.0 Å². The molecule has 2 aromatic rings. The number of ether oxygens (including phenoxy) is 2. The number of Topliss-reactive ketones (excluding diaryl/α,β-unsaturated/α-hetero) is 1. The number of nitrogens with zero attached hydrogens (tertiary/aromatic N) is 2. The van der Waals surface area contributed by atoms with Gasteiger partial charge in [-0.2, -0.15) is 0 Å². The van der Waals surface area contributed by atoms with Gasteiger partial charge >= 0.3 is 5.97 Å². The van der Waals surface area contributed by atoms with Crippen molar-refractivity contribution in [3.63, 3.8) is 0 Å². The first kappa shape index (κ1) is 26.0. The molecule has 2 heterocycles. The molecule has 0 unspecified atom stereocenters. The van der Waals surface area contributed by atoms with Crippen LogP contribution in [0.1, 0.15) is 52.8 Å². The van der Waals surface area contributed by atoms with Crippen molar-refractivity contribution in [2.45, 2.75) is 33.7 Å². The summed E-state index contributed by atoms with van der Waals surface area (Å²) in [4.78, 5) is 45.2. The minimum absolute atomic E-state index is 0.0127. The molecule has 188 valence electrons. The van der Waals surface area contributed by atoms with Crippen LogP contribution in [-0.4, -0.2) is 77.9 Å². The molecule has 9 nitrogen and oxygen atoms in total. The van der Waals surface area contributed by atoms with Crippen LogP contribution in [0.4, 0.5) is 0 Å². The molecule has 1 aromatic heterocycles. The van der Waals surface area contributed by atoms with Gasteiger partial charge in [0.25, 0.3) is 11.7 Å². The summed E-state index contributed by atoms with van der Waals surface area (Å²) in [5, 5.41) is 11.4. The van der Waals surface area contributed by atoms with Crippen molar-refractivity contribution >= 4 is 23.4 Å². The minimum atomic E-state index is -0.785. The van der Waals surface area contributed by atoms with E-state index >= 15 is 0 Å². The maximum Gasteiger partial charge on any atom is 0.354 e. The Morgan fingerprint density at radius 1 is 1.11 bits per heavy atom. The largest absolute Gasteiger partial charge is 0.507 e. The number of ketones is 1. The smallest absolute Gasteiger partial charge is 0.354 e. The number of carbonyl (C=O) groups is 3. The van der Waals surface area contributed by atoms with E-state index in [9.17, 15) is 19.5 Å². The molecule has 9 heteroatoms. The van der Waals surface area contributed by atoms with Crippen LogP contribution in [0.3, 0.4) is 0 Å². The zero-order valence-electron chi connectivity index (χ0n) is 21.1. The summed E-state index contributed by atoms with van der Waals surface area (Å²) in [6.45, 7) is 9.94. The summed E-state index contributed by atoms with van der Waals surface area (Å²) < 4.78 is 10.1. The van der Waals surface area contributed by atoms with Gasteiger partial charge in [-0.15, -0.1) is 0 Å². The standard InChI is InChI=1S/C26H33N3O6/c1-7-28(8-2)13-14-29-22(17-9-11-18(34-5)12-10-17)20(24(31)25(29)32)23(30)19-15(3)21(26(33)35-6)27-16(19)4/h9-12,22,27,30H,7-8,13-14H2,1-6H3/b23-20+/t22-/m1/s1. The molecule has 1 fully saturated rings. The summed E-state index contributed by atoms with van der Waals surface area (Å²) >= 11 is 0. The zero-order chi connectivity index (χ0) is 25.9. The predicted octanol–water partition coefficient (Wildman–Crippen LogP) is 3.19. The Morgan fingerprint density at radius 3 is 2.29 bits per heavy atom. The average molecular weight is 484 g/mol. The molecule has 1 saturated heterocycles. The monoisotopic (exact) mass is 483 g/mol. The topological polar surface area (TPSA) is 112 Å². The summed E-state index contributed by atoms with van der Waals surface area (Å²) in [6.07, 6.45) is 0. The molecule has 1 amide bonds. The summed E-state index contributed by atoms with van der Waals surface area (Å²) in [7, 11) is 2.82. The second-order valence-corrected chi connectivity index (χ2v) is 8.41. The van der Waals surface area contributed by atoms with E-state index in [0.29, 0.717) is 41.2 Å². The lowest BCUT2D eigenvalue weighted by atomic mass is 9.94. The van der Waals surface area contributed by atoms with Crippen LogP contribution in [0.5, 0.6) is 5.75 Å². The molecule has 0 radical (unpaired) electrons. The number of benzene rings is 1. The lowest BCUT2D eigenvalue weighted by Crippen LogP contribution is -2.38. The van der Waals surface area contributed by atoms with Crippen molar-refractivity contribution in [2.75, 3.05) is 40.4 Å². The number of rotatable bonds is 9. The van der Waals surface area contributed by atoms with Gasteiger partial charge in [-0.05, 0) is 50.2 Å². The highest BCUT2D eigenvalue weighted by molar-refractivity contribution is 6.46. The Morgan fingerprint density at radius 2 is 1.74 bits per heavy atom. The van der Waals surface area contributed by atoms with Gasteiger partial charge in [-0.1, -0.05) is 26.0 Å². The van der Waals surface area contributed by atoms with Crippen LogP contribution in [0.2, 0.25) is 0 Å². The van der Waals surface area contributed by atoms with Crippen molar-refractivity contribution in [3.8, 4) is 5.75 Å². The highest BCUT2D eigenvalue weighted by atomic mass is 16.5. The molecule has 0 saturated carbocycles. The third-order valence-corrected chi connectivity index (χ3v) is 6.59. The van der Waals surface area contributed by atoms with Gasteiger partial charge in [0.2, 0.25) is 0 Å². The minimum Gasteiger partial charge on any atom is -0.507 e. The molecule has 3 rings (SSSR count). The first-order valence-corrected chi connectivity index (χ1v) is 11.6. The van der Waals surface area contributed by atoms with Crippen molar-refractivity contribution < 1.29 is 29.0 Å². The fourth-order valence-corrected chi connectivity index (χ4v) is 4.58. The van der Waals surface area contributed by atoms with Gasteiger partial charge in [0.15, 0.2) is 0 Å². The van der Waals surface area contributed by atoms with E-state index < -0.39 is 23.7 Å². The number of hydrogen-bond acceptors (Lipinski definition) is 7. The Hall–Kier alpha value is -3.59. The van der Waals surface area contributed by atoms with Crippen molar-refractivity contribution in [2.24, 2.45) is 0 Å². The number of aromatic amines is 1. The van der Waals surface area contributed by atoms with Gasteiger partial charge in [-0.25, -0.2) is 4.79 Å². The molecule has 1 aliphatic heterocycles. The Labute approximate surface area is 205 Å². The Kier molecular flexibility index (Phi) is 8.01.